The first kappa shape index (κ1) is 12.7. The van der Waals surface area contributed by atoms with Gasteiger partial charge in [0.05, 0.1) is 5.02 Å². The van der Waals surface area contributed by atoms with Crippen LogP contribution in [0.25, 0.3) is 0 Å². The molecule has 1 aliphatic rings. The van der Waals surface area contributed by atoms with E-state index in [1.54, 1.807) is 6.07 Å². The van der Waals surface area contributed by atoms with Gasteiger partial charge in [0.15, 0.2) is 0 Å². The quantitative estimate of drug-likeness (QED) is 0.784. The summed E-state index contributed by atoms with van der Waals surface area (Å²) in [5.41, 5.74) is 0.879. The summed E-state index contributed by atoms with van der Waals surface area (Å²) in [6, 6.07) is 5.48. The van der Waals surface area contributed by atoms with Crippen molar-refractivity contribution in [1.29, 1.82) is 0 Å². The number of aromatic hydroxyl groups is 1. The highest BCUT2D eigenvalue weighted by molar-refractivity contribution is 6.32. The lowest BCUT2D eigenvalue weighted by atomic mass is 10.0. The van der Waals surface area contributed by atoms with E-state index in [0.717, 1.165) is 18.0 Å². The Labute approximate surface area is 108 Å². The molecule has 0 radical (unpaired) electrons. The molecule has 2 nitrogen and oxygen atoms in total. The molecule has 1 aromatic carbocycles. The molecule has 0 heterocycles. The molecule has 2 N–H and O–H groups in total. The second-order valence-corrected chi connectivity index (χ2v) is 5.27. The Bertz CT molecular complexity index is 361. The lowest BCUT2D eigenvalue weighted by Gasteiger charge is -2.11. The van der Waals surface area contributed by atoms with Gasteiger partial charge in [-0.2, -0.15) is 0 Å². The summed E-state index contributed by atoms with van der Waals surface area (Å²) in [6.45, 7) is 1.72. The van der Waals surface area contributed by atoms with Gasteiger partial charge in [0.25, 0.3) is 0 Å². The summed E-state index contributed by atoms with van der Waals surface area (Å²) in [4.78, 5) is 0. The van der Waals surface area contributed by atoms with Crippen molar-refractivity contribution in [2.45, 2.75) is 38.6 Å². The van der Waals surface area contributed by atoms with Crippen LogP contribution in [0.4, 0.5) is 0 Å². The Morgan fingerprint density at radius 1 is 1.29 bits per heavy atom. The van der Waals surface area contributed by atoms with Gasteiger partial charge < -0.3 is 10.4 Å². The van der Waals surface area contributed by atoms with Gasteiger partial charge in [-0.05, 0) is 24.9 Å². The molecule has 0 bridgehead atoms. The molecule has 0 atom stereocenters. The number of hydrogen-bond donors (Lipinski definition) is 2. The van der Waals surface area contributed by atoms with Crippen molar-refractivity contribution in [3.8, 4) is 5.75 Å². The smallest absolute Gasteiger partial charge is 0.138 e. The van der Waals surface area contributed by atoms with Crippen LogP contribution < -0.4 is 5.32 Å². The van der Waals surface area contributed by atoms with Gasteiger partial charge in [-0.3, -0.25) is 0 Å². The van der Waals surface area contributed by atoms with Crippen molar-refractivity contribution in [2.24, 2.45) is 5.92 Å². The van der Waals surface area contributed by atoms with E-state index in [-0.39, 0.29) is 5.75 Å². The first-order valence-corrected chi connectivity index (χ1v) is 6.82. The van der Waals surface area contributed by atoms with Gasteiger partial charge >= 0.3 is 0 Å². The van der Waals surface area contributed by atoms with Gasteiger partial charge in [-0.25, -0.2) is 0 Å². The molecule has 0 unspecified atom stereocenters. The Kier molecular flexibility index (Phi) is 4.69. The fourth-order valence-electron chi connectivity index (χ4n) is 2.53. The molecular formula is C14H20ClNO. The van der Waals surface area contributed by atoms with Crippen LogP contribution in [-0.2, 0) is 6.54 Å². The van der Waals surface area contributed by atoms with Crippen LogP contribution in [0.1, 0.15) is 37.7 Å². The molecule has 1 aromatic rings. The van der Waals surface area contributed by atoms with E-state index < -0.39 is 0 Å². The first-order chi connectivity index (χ1) is 8.27. The summed E-state index contributed by atoms with van der Waals surface area (Å²) in [5, 5.41) is 13.5. The van der Waals surface area contributed by atoms with E-state index in [0.29, 0.717) is 11.6 Å². The Morgan fingerprint density at radius 3 is 2.82 bits per heavy atom. The van der Waals surface area contributed by atoms with E-state index in [1.165, 1.54) is 32.1 Å². The number of hydrogen-bond acceptors (Lipinski definition) is 2. The van der Waals surface area contributed by atoms with Crippen LogP contribution in [0, 0.1) is 5.92 Å². The highest BCUT2D eigenvalue weighted by Gasteiger charge is 2.14. The Balaban J connectivity index is 1.72. The zero-order chi connectivity index (χ0) is 12.1. The minimum absolute atomic E-state index is 0.211. The third kappa shape index (κ3) is 3.62. The molecule has 1 saturated carbocycles. The predicted molar refractivity (Wildman–Crippen MR) is 71.4 cm³/mol. The average Bonchev–Trinajstić information content (AvgIpc) is 2.83. The Morgan fingerprint density at radius 2 is 2.06 bits per heavy atom. The highest BCUT2D eigenvalue weighted by atomic mass is 35.5. The third-order valence-corrected chi connectivity index (χ3v) is 3.89. The maximum Gasteiger partial charge on any atom is 0.138 e. The molecule has 1 aliphatic carbocycles. The van der Waals surface area contributed by atoms with Crippen LogP contribution in [0.15, 0.2) is 18.2 Å². The van der Waals surface area contributed by atoms with Crippen molar-refractivity contribution >= 4 is 11.6 Å². The topological polar surface area (TPSA) is 32.3 Å². The fourth-order valence-corrected chi connectivity index (χ4v) is 2.73. The number of benzene rings is 1. The summed E-state index contributed by atoms with van der Waals surface area (Å²) >= 11 is 5.85. The standard InChI is InChI=1S/C14H20ClNO/c15-13-7-3-6-12(14(13)17)10-16-9-8-11-4-1-2-5-11/h3,6-7,11,16-17H,1-2,4-5,8-10H2. The maximum atomic E-state index is 9.74. The van der Waals surface area contributed by atoms with Gasteiger partial charge in [0, 0.05) is 12.1 Å². The van der Waals surface area contributed by atoms with Gasteiger partial charge in [-0.15, -0.1) is 0 Å². The summed E-state index contributed by atoms with van der Waals surface area (Å²) < 4.78 is 0. The molecule has 0 aromatic heterocycles. The number of rotatable bonds is 5. The predicted octanol–water partition coefficient (Wildman–Crippen LogP) is 3.72. The number of phenols is 1. The second-order valence-electron chi connectivity index (χ2n) is 4.86. The van der Waals surface area contributed by atoms with Crippen molar-refractivity contribution in [2.75, 3.05) is 6.54 Å². The van der Waals surface area contributed by atoms with Crippen molar-refractivity contribution in [3.63, 3.8) is 0 Å². The van der Waals surface area contributed by atoms with Crippen LogP contribution >= 0.6 is 11.6 Å². The SMILES string of the molecule is Oc1c(Cl)cccc1CNCCC1CCCC1. The normalized spacial score (nSPS) is 16.5. The number of nitrogens with one attached hydrogen (secondary N) is 1. The number of halogens is 1. The van der Waals surface area contributed by atoms with Crippen molar-refractivity contribution < 1.29 is 5.11 Å². The largest absolute Gasteiger partial charge is 0.506 e. The molecule has 2 rings (SSSR count). The van der Waals surface area contributed by atoms with Crippen LogP contribution in [0.3, 0.4) is 0 Å². The van der Waals surface area contributed by atoms with E-state index in [4.69, 9.17) is 11.6 Å². The molecule has 0 saturated heterocycles. The molecule has 1 fully saturated rings. The molecule has 0 spiro atoms. The van der Waals surface area contributed by atoms with Crippen LogP contribution in [0.5, 0.6) is 5.75 Å². The second kappa shape index (κ2) is 6.27. The zero-order valence-corrected chi connectivity index (χ0v) is 10.8. The summed E-state index contributed by atoms with van der Waals surface area (Å²) in [5.74, 6) is 1.12. The van der Waals surface area contributed by atoms with Crippen molar-refractivity contribution in [1.82, 2.24) is 5.32 Å². The molecule has 94 valence electrons. The molecule has 0 aliphatic heterocycles. The Hall–Kier alpha value is -0.730. The highest BCUT2D eigenvalue weighted by Crippen LogP contribution is 2.28. The van der Waals surface area contributed by atoms with E-state index in [9.17, 15) is 5.11 Å². The lowest BCUT2D eigenvalue weighted by molar-refractivity contribution is 0.455. The summed E-state index contributed by atoms with van der Waals surface area (Å²) in [7, 11) is 0. The molecule has 17 heavy (non-hydrogen) atoms. The fraction of sp³-hybridized carbons (Fsp3) is 0.571. The number of para-hydroxylation sites is 1. The minimum Gasteiger partial charge on any atom is -0.506 e. The van der Waals surface area contributed by atoms with E-state index in [1.807, 2.05) is 12.1 Å². The molecule has 3 heteroatoms. The van der Waals surface area contributed by atoms with Gasteiger partial charge in [-0.1, -0.05) is 49.4 Å². The molecule has 0 amide bonds. The summed E-state index contributed by atoms with van der Waals surface area (Å²) in [6.07, 6.45) is 6.84. The van der Waals surface area contributed by atoms with E-state index >= 15 is 0 Å². The third-order valence-electron chi connectivity index (χ3n) is 3.59. The van der Waals surface area contributed by atoms with Gasteiger partial charge in [0.2, 0.25) is 0 Å². The zero-order valence-electron chi connectivity index (χ0n) is 10.1. The van der Waals surface area contributed by atoms with E-state index in [2.05, 4.69) is 5.32 Å². The lowest BCUT2D eigenvalue weighted by Crippen LogP contribution is -2.17. The maximum absolute atomic E-state index is 9.74. The molecular weight excluding hydrogens is 234 g/mol. The first-order valence-electron chi connectivity index (χ1n) is 6.44. The van der Waals surface area contributed by atoms with Crippen LogP contribution in [-0.4, -0.2) is 11.7 Å². The van der Waals surface area contributed by atoms with Crippen molar-refractivity contribution in [3.05, 3.63) is 28.8 Å². The van der Waals surface area contributed by atoms with Crippen LogP contribution in [0.2, 0.25) is 5.02 Å². The number of phenolic OH excluding ortho intramolecular Hbond substituents is 1. The average molecular weight is 254 g/mol. The minimum atomic E-state index is 0.211. The monoisotopic (exact) mass is 253 g/mol. The van der Waals surface area contributed by atoms with Gasteiger partial charge in [0.1, 0.15) is 5.75 Å².